The quantitative estimate of drug-likeness (QED) is 0.448. The zero-order valence-corrected chi connectivity index (χ0v) is 11.5. The fourth-order valence-electron chi connectivity index (χ4n) is 1.71. The van der Waals surface area contributed by atoms with Crippen molar-refractivity contribution in [2.24, 2.45) is 0 Å². The highest BCUT2D eigenvalue weighted by atomic mass is 32.1. The van der Waals surface area contributed by atoms with Crippen LogP contribution in [0.25, 0.3) is 0 Å². The van der Waals surface area contributed by atoms with Crippen LogP contribution in [0.15, 0.2) is 12.1 Å². The second-order valence-corrected chi connectivity index (χ2v) is 4.48. The van der Waals surface area contributed by atoms with Crippen LogP contribution in [0.2, 0.25) is 0 Å². The maximum atomic E-state index is 10.9. The van der Waals surface area contributed by atoms with Crippen molar-refractivity contribution in [3.05, 3.63) is 23.3 Å². The van der Waals surface area contributed by atoms with Crippen molar-refractivity contribution in [3.63, 3.8) is 0 Å². The van der Waals surface area contributed by atoms with Gasteiger partial charge in [0.05, 0.1) is 12.7 Å². The molecule has 0 fully saturated rings. The molecule has 0 radical (unpaired) electrons. The number of hydrogen-bond donors (Lipinski definition) is 4. The van der Waals surface area contributed by atoms with Gasteiger partial charge in [-0.15, -0.1) is 0 Å². The molecule has 2 atom stereocenters. The van der Waals surface area contributed by atoms with Gasteiger partial charge in [-0.05, 0) is 31.2 Å². The number of phenolic OH excluding ortho intramolecular Hbond substituents is 1. The molecule has 1 aromatic carbocycles. The third-order valence-corrected chi connectivity index (χ3v) is 2.93. The molecule has 0 aliphatic heterocycles. The lowest BCUT2D eigenvalue weighted by molar-refractivity contribution is 0.0157. The largest absolute Gasteiger partial charge is 0.504 e. The van der Waals surface area contributed by atoms with Crippen LogP contribution in [0.4, 0.5) is 0 Å². The maximum absolute atomic E-state index is 10.9. The van der Waals surface area contributed by atoms with E-state index in [4.69, 9.17) is 4.74 Å². The SMILES string of the molecule is CCOc1cc(C=O)cc(C(O)C(O)CCS)c1O. The number of rotatable bonds is 7. The molecule has 0 saturated carbocycles. The van der Waals surface area contributed by atoms with E-state index in [2.05, 4.69) is 12.6 Å². The summed E-state index contributed by atoms with van der Waals surface area (Å²) in [4.78, 5) is 10.9. The number of aliphatic hydroxyl groups excluding tert-OH is 2. The van der Waals surface area contributed by atoms with Gasteiger partial charge >= 0.3 is 0 Å². The summed E-state index contributed by atoms with van der Waals surface area (Å²) in [7, 11) is 0. The van der Waals surface area contributed by atoms with Gasteiger partial charge in [-0.1, -0.05) is 0 Å². The monoisotopic (exact) mass is 286 g/mol. The van der Waals surface area contributed by atoms with Gasteiger partial charge in [0, 0.05) is 11.1 Å². The van der Waals surface area contributed by atoms with Crippen molar-refractivity contribution in [2.75, 3.05) is 12.4 Å². The summed E-state index contributed by atoms with van der Waals surface area (Å²) in [6.45, 7) is 2.05. The van der Waals surface area contributed by atoms with Gasteiger partial charge < -0.3 is 20.1 Å². The Hall–Kier alpha value is -1.24. The van der Waals surface area contributed by atoms with Crippen molar-refractivity contribution in [1.82, 2.24) is 0 Å². The molecular formula is C13H18O5S. The summed E-state index contributed by atoms with van der Waals surface area (Å²) in [5.41, 5.74) is 0.329. The lowest BCUT2D eigenvalue weighted by atomic mass is 9.99. The minimum Gasteiger partial charge on any atom is -0.504 e. The highest BCUT2D eigenvalue weighted by molar-refractivity contribution is 7.80. The molecule has 1 rings (SSSR count). The molecule has 0 amide bonds. The molecule has 0 aliphatic carbocycles. The van der Waals surface area contributed by atoms with Crippen LogP contribution < -0.4 is 4.74 Å². The number of phenols is 1. The Morgan fingerprint density at radius 2 is 2.11 bits per heavy atom. The lowest BCUT2D eigenvalue weighted by Crippen LogP contribution is -2.19. The number of ether oxygens (including phenoxy) is 1. The third kappa shape index (κ3) is 3.86. The van der Waals surface area contributed by atoms with E-state index in [-0.39, 0.29) is 29.0 Å². The van der Waals surface area contributed by atoms with E-state index in [1.165, 1.54) is 12.1 Å². The topological polar surface area (TPSA) is 87.0 Å². The lowest BCUT2D eigenvalue weighted by Gasteiger charge is -2.20. The van der Waals surface area contributed by atoms with Gasteiger partial charge in [-0.25, -0.2) is 0 Å². The smallest absolute Gasteiger partial charge is 0.163 e. The second-order valence-electron chi connectivity index (χ2n) is 4.03. The first-order chi connectivity index (χ1) is 9.04. The first kappa shape index (κ1) is 15.8. The number of hydrogen-bond acceptors (Lipinski definition) is 6. The average Bonchev–Trinajstić information content (AvgIpc) is 2.40. The molecule has 1 aromatic rings. The van der Waals surface area contributed by atoms with Gasteiger partial charge in [-0.3, -0.25) is 4.79 Å². The summed E-state index contributed by atoms with van der Waals surface area (Å²) in [6, 6.07) is 2.71. The molecule has 0 saturated heterocycles. The molecule has 0 heterocycles. The van der Waals surface area contributed by atoms with Crippen molar-refractivity contribution in [1.29, 1.82) is 0 Å². The number of thiol groups is 1. The number of aromatic hydroxyl groups is 1. The maximum Gasteiger partial charge on any atom is 0.163 e. The summed E-state index contributed by atoms with van der Waals surface area (Å²) in [6.07, 6.45) is -1.52. The number of aldehydes is 1. The Labute approximate surface area is 117 Å². The zero-order valence-electron chi connectivity index (χ0n) is 10.6. The van der Waals surface area contributed by atoms with E-state index in [1.807, 2.05) is 0 Å². The Morgan fingerprint density at radius 1 is 1.42 bits per heavy atom. The van der Waals surface area contributed by atoms with E-state index in [0.717, 1.165) is 0 Å². The van der Waals surface area contributed by atoms with Crippen LogP contribution >= 0.6 is 12.6 Å². The fourth-order valence-corrected chi connectivity index (χ4v) is 1.97. The first-order valence-electron chi connectivity index (χ1n) is 5.97. The molecule has 6 heteroatoms. The predicted molar refractivity (Wildman–Crippen MR) is 74.1 cm³/mol. The molecule has 0 bridgehead atoms. The number of carbonyl (C=O) groups is 1. The van der Waals surface area contributed by atoms with E-state index in [0.29, 0.717) is 18.6 Å². The van der Waals surface area contributed by atoms with E-state index < -0.39 is 12.2 Å². The summed E-state index contributed by atoms with van der Waals surface area (Å²) in [5, 5.41) is 29.7. The predicted octanol–water partition coefficient (Wildman–Crippen LogP) is 1.32. The highest BCUT2D eigenvalue weighted by Gasteiger charge is 2.23. The third-order valence-electron chi connectivity index (χ3n) is 2.67. The Bertz CT molecular complexity index is 435. The number of carbonyl (C=O) groups excluding carboxylic acids is 1. The van der Waals surface area contributed by atoms with Gasteiger partial charge in [0.2, 0.25) is 0 Å². The average molecular weight is 286 g/mol. The zero-order chi connectivity index (χ0) is 14.4. The van der Waals surface area contributed by atoms with Crippen LogP contribution in [0.5, 0.6) is 11.5 Å². The molecule has 106 valence electrons. The summed E-state index contributed by atoms with van der Waals surface area (Å²) < 4.78 is 5.19. The number of aliphatic hydroxyl groups is 2. The molecule has 0 aliphatic rings. The Morgan fingerprint density at radius 3 is 2.63 bits per heavy atom. The Balaban J connectivity index is 3.17. The van der Waals surface area contributed by atoms with E-state index >= 15 is 0 Å². The Kier molecular flexibility index (Phi) is 6.14. The first-order valence-corrected chi connectivity index (χ1v) is 6.60. The standard InChI is InChI=1S/C13H18O5S/c1-2-18-11-6-8(7-14)5-9(13(11)17)12(16)10(15)3-4-19/h5-7,10,12,15-17,19H,2-4H2,1H3. The van der Waals surface area contributed by atoms with Gasteiger partial charge in [0.15, 0.2) is 11.5 Å². The second kappa shape index (κ2) is 7.37. The minimum atomic E-state index is -1.30. The van der Waals surface area contributed by atoms with Gasteiger partial charge in [0.1, 0.15) is 12.4 Å². The van der Waals surface area contributed by atoms with Crippen LogP contribution in [-0.4, -0.2) is 40.1 Å². The molecule has 5 nitrogen and oxygen atoms in total. The van der Waals surface area contributed by atoms with Crippen molar-refractivity contribution < 1.29 is 24.9 Å². The molecular weight excluding hydrogens is 268 g/mol. The van der Waals surface area contributed by atoms with Crippen LogP contribution in [0.3, 0.4) is 0 Å². The minimum absolute atomic E-state index is 0.0716. The van der Waals surface area contributed by atoms with E-state index in [9.17, 15) is 20.1 Å². The van der Waals surface area contributed by atoms with Crippen molar-refractivity contribution in [3.8, 4) is 11.5 Å². The van der Waals surface area contributed by atoms with Gasteiger partial charge in [0.25, 0.3) is 0 Å². The highest BCUT2D eigenvalue weighted by Crippen LogP contribution is 2.36. The van der Waals surface area contributed by atoms with Crippen molar-refractivity contribution >= 4 is 18.9 Å². The van der Waals surface area contributed by atoms with E-state index in [1.54, 1.807) is 6.92 Å². The summed E-state index contributed by atoms with van der Waals surface area (Å²) in [5.74, 6) is 0.238. The van der Waals surface area contributed by atoms with Crippen LogP contribution in [-0.2, 0) is 0 Å². The normalized spacial score (nSPS) is 13.9. The number of benzene rings is 1. The fraction of sp³-hybridized carbons (Fsp3) is 0.462. The molecule has 0 spiro atoms. The molecule has 3 N–H and O–H groups in total. The molecule has 0 aromatic heterocycles. The van der Waals surface area contributed by atoms with Crippen LogP contribution in [0, 0.1) is 0 Å². The van der Waals surface area contributed by atoms with Crippen LogP contribution in [0.1, 0.15) is 35.4 Å². The summed E-state index contributed by atoms with van der Waals surface area (Å²) >= 11 is 3.97. The van der Waals surface area contributed by atoms with Gasteiger partial charge in [-0.2, -0.15) is 12.6 Å². The molecule has 19 heavy (non-hydrogen) atoms. The van der Waals surface area contributed by atoms with Crippen molar-refractivity contribution in [2.45, 2.75) is 25.6 Å². The molecule has 2 unspecified atom stereocenters.